The van der Waals surface area contributed by atoms with E-state index in [2.05, 4.69) is 5.32 Å². The summed E-state index contributed by atoms with van der Waals surface area (Å²) in [5, 5.41) is 13.4. The second kappa shape index (κ2) is 6.39. The van der Waals surface area contributed by atoms with E-state index in [0.29, 0.717) is 17.3 Å². The molecule has 2 rings (SSSR count). The van der Waals surface area contributed by atoms with Crippen molar-refractivity contribution in [3.8, 4) is 17.2 Å². The number of anilines is 1. The summed E-state index contributed by atoms with van der Waals surface area (Å²) in [5.41, 5.74) is 1.79. The molecule has 0 heterocycles. The predicted octanol–water partition coefficient (Wildman–Crippen LogP) is 3.67. The Morgan fingerprint density at radius 2 is 1.80 bits per heavy atom. The summed E-state index contributed by atoms with van der Waals surface area (Å²) in [7, 11) is 3.13. The molecular weight excluding hydrogens is 278 g/mol. The van der Waals surface area contributed by atoms with Gasteiger partial charge in [-0.25, -0.2) is 0 Å². The van der Waals surface area contributed by atoms with Crippen LogP contribution < -0.4 is 14.8 Å². The molecular formula is C15H16ClNO3. The maximum Gasteiger partial charge on any atom is 0.160 e. The Labute approximate surface area is 122 Å². The van der Waals surface area contributed by atoms with Crippen LogP contribution in [0.3, 0.4) is 0 Å². The first-order chi connectivity index (χ1) is 9.63. The molecule has 0 saturated heterocycles. The molecule has 0 bridgehead atoms. The van der Waals surface area contributed by atoms with Crippen LogP contribution in [-0.2, 0) is 6.54 Å². The summed E-state index contributed by atoms with van der Waals surface area (Å²) < 4.78 is 10.3. The molecule has 0 spiro atoms. The van der Waals surface area contributed by atoms with Gasteiger partial charge in [-0.05, 0) is 35.9 Å². The highest BCUT2D eigenvalue weighted by Gasteiger charge is 2.06. The SMILES string of the molecule is COc1cc(CNc2cc(Cl)ccc2OC)ccc1O. The molecule has 20 heavy (non-hydrogen) atoms. The molecule has 0 saturated carbocycles. The molecule has 2 aromatic carbocycles. The van der Waals surface area contributed by atoms with Crippen LogP contribution in [0.4, 0.5) is 5.69 Å². The average Bonchev–Trinajstić information content (AvgIpc) is 2.46. The summed E-state index contributed by atoms with van der Waals surface area (Å²) >= 11 is 5.98. The summed E-state index contributed by atoms with van der Waals surface area (Å²) in [4.78, 5) is 0. The maximum absolute atomic E-state index is 9.56. The molecule has 106 valence electrons. The highest BCUT2D eigenvalue weighted by atomic mass is 35.5. The Kier molecular flexibility index (Phi) is 4.58. The van der Waals surface area contributed by atoms with Gasteiger partial charge in [0.1, 0.15) is 5.75 Å². The van der Waals surface area contributed by atoms with Crippen molar-refractivity contribution in [2.24, 2.45) is 0 Å². The van der Waals surface area contributed by atoms with Crippen molar-refractivity contribution in [2.45, 2.75) is 6.54 Å². The van der Waals surface area contributed by atoms with Gasteiger partial charge in [0.05, 0.1) is 19.9 Å². The van der Waals surface area contributed by atoms with Gasteiger partial charge in [-0.3, -0.25) is 0 Å². The number of rotatable bonds is 5. The monoisotopic (exact) mass is 293 g/mol. The van der Waals surface area contributed by atoms with Crippen molar-refractivity contribution < 1.29 is 14.6 Å². The second-order valence-corrected chi connectivity index (χ2v) is 4.64. The number of aromatic hydroxyl groups is 1. The largest absolute Gasteiger partial charge is 0.504 e. The minimum Gasteiger partial charge on any atom is -0.504 e. The minimum atomic E-state index is 0.122. The van der Waals surface area contributed by atoms with E-state index in [1.54, 1.807) is 31.4 Å². The molecule has 0 aliphatic carbocycles. The third kappa shape index (κ3) is 3.27. The molecule has 2 aromatic rings. The lowest BCUT2D eigenvalue weighted by atomic mass is 10.2. The van der Waals surface area contributed by atoms with E-state index in [1.165, 1.54) is 7.11 Å². The number of methoxy groups -OCH3 is 2. The molecule has 0 fully saturated rings. The third-order valence-corrected chi connectivity index (χ3v) is 3.12. The maximum atomic E-state index is 9.56. The lowest BCUT2D eigenvalue weighted by Crippen LogP contribution is -2.01. The first-order valence-corrected chi connectivity index (χ1v) is 6.45. The number of nitrogens with one attached hydrogen (secondary N) is 1. The normalized spacial score (nSPS) is 10.2. The van der Waals surface area contributed by atoms with Crippen LogP contribution in [0.1, 0.15) is 5.56 Å². The Morgan fingerprint density at radius 3 is 2.50 bits per heavy atom. The van der Waals surface area contributed by atoms with Gasteiger partial charge < -0.3 is 19.9 Å². The van der Waals surface area contributed by atoms with E-state index in [-0.39, 0.29) is 5.75 Å². The molecule has 0 atom stereocenters. The first-order valence-electron chi connectivity index (χ1n) is 6.07. The quantitative estimate of drug-likeness (QED) is 0.883. The lowest BCUT2D eigenvalue weighted by molar-refractivity contribution is 0.373. The van der Waals surface area contributed by atoms with Gasteiger partial charge in [0.25, 0.3) is 0 Å². The molecule has 0 aliphatic rings. The number of benzene rings is 2. The topological polar surface area (TPSA) is 50.7 Å². The zero-order chi connectivity index (χ0) is 14.5. The van der Waals surface area contributed by atoms with Gasteiger partial charge in [-0.15, -0.1) is 0 Å². The highest BCUT2D eigenvalue weighted by molar-refractivity contribution is 6.30. The molecule has 5 heteroatoms. The number of hydrogen-bond acceptors (Lipinski definition) is 4. The third-order valence-electron chi connectivity index (χ3n) is 2.89. The van der Waals surface area contributed by atoms with Gasteiger partial charge in [0.2, 0.25) is 0 Å². The van der Waals surface area contributed by atoms with Gasteiger partial charge >= 0.3 is 0 Å². The Hall–Kier alpha value is -2.07. The van der Waals surface area contributed by atoms with Crippen LogP contribution in [0.5, 0.6) is 17.2 Å². The van der Waals surface area contributed by atoms with Gasteiger partial charge in [-0.1, -0.05) is 17.7 Å². The summed E-state index contributed by atoms with van der Waals surface area (Å²) in [5.74, 6) is 1.29. The van der Waals surface area contributed by atoms with Crippen LogP contribution in [0.2, 0.25) is 5.02 Å². The molecule has 0 aromatic heterocycles. The van der Waals surface area contributed by atoms with Crippen molar-refractivity contribution in [1.29, 1.82) is 0 Å². The fourth-order valence-electron chi connectivity index (χ4n) is 1.85. The smallest absolute Gasteiger partial charge is 0.160 e. The van der Waals surface area contributed by atoms with Crippen LogP contribution >= 0.6 is 11.6 Å². The lowest BCUT2D eigenvalue weighted by Gasteiger charge is -2.12. The van der Waals surface area contributed by atoms with Crippen molar-refractivity contribution in [1.82, 2.24) is 0 Å². The molecule has 0 radical (unpaired) electrons. The number of halogens is 1. The molecule has 4 nitrogen and oxygen atoms in total. The average molecular weight is 294 g/mol. The Balaban J connectivity index is 2.14. The fourth-order valence-corrected chi connectivity index (χ4v) is 2.02. The summed E-state index contributed by atoms with van der Waals surface area (Å²) in [6.45, 7) is 0.563. The van der Waals surface area contributed by atoms with Crippen LogP contribution in [0, 0.1) is 0 Å². The second-order valence-electron chi connectivity index (χ2n) is 4.20. The minimum absolute atomic E-state index is 0.122. The Bertz CT molecular complexity index is 602. The zero-order valence-corrected chi connectivity index (χ0v) is 12.1. The molecule has 0 unspecified atom stereocenters. The number of hydrogen-bond donors (Lipinski definition) is 2. The van der Waals surface area contributed by atoms with Crippen LogP contribution in [0.25, 0.3) is 0 Å². The highest BCUT2D eigenvalue weighted by Crippen LogP contribution is 2.30. The zero-order valence-electron chi connectivity index (χ0n) is 11.3. The molecule has 0 amide bonds. The van der Waals surface area contributed by atoms with Crippen molar-refractivity contribution in [3.05, 3.63) is 47.0 Å². The number of ether oxygens (including phenoxy) is 2. The van der Waals surface area contributed by atoms with Gasteiger partial charge in [0.15, 0.2) is 11.5 Å². The first kappa shape index (κ1) is 14.3. The Morgan fingerprint density at radius 1 is 1.05 bits per heavy atom. The van der Waals surface area contributed by atoms with E-state index in [9.17, 15) is 5.11 Å². The standard InChI is InChI=1S/C15H16ClNO3/c1-19-14-6-4-11(16)8-12(14)17-9-10-3-5-13(18)15(7-10)20-2/h3-8,17-18H,9H2,1-2H3. The van der Waals surface area contributed by atoms with E-state index in [1.807, 2.05) is 12.1 Å². The summed E-state index contributed by atoms with van der Waals surface area (Å²) in [6, 6.07) is 10.6. The molecule has 0 aliphatic heterocycles. The number of phenols is 1. The van der Waals surface area contributed by atoms with E-state index in [0.717, 1.165) is 17.0 Å². The van der Waals surface area contributed by atoms with Gasteiger partial charge in [-0.2, -0.15) is 0 Å². The van der Waals surface area contributed by atoms with E-state index in [4.69, 9.17) is 21.1 Å². The van der Waals surface area contributed by atoms with E-state index < -0.39 is 0 Å². The predicted molar refractivity (Wildman–Crippen MR) is 80.0 cm³/mol. The van der Waals surface area contributed by atoms with Gasteiger partial charge in [0, 0.05) is 11.6 Å². The van der Waals surface area contributed by atoms with Crippen molar-refractivity contribution >= 4 is 17.3 Å². The van der Waals surface area contributed by atoms with Crippen LogP contribution in [-0.4, -0.2) is 19.3 Å². The summed E-state index contributed by atoms with van der Waals surface area (Å²) in [6.07, 6.45) is 0. The fraction of sp³-hybridized carbons (Fsp3) is 0.200. The van der Waals surface area contributed by atoms with Crippen molar-refractivity contribution in [2.75, 3.05) is 19.5 Å². The van der Waals surface area contributed by atoms with Crippen molar-refractivity contribution in [3.63, 3.8) is 0 Å². The number of phenolic OH excluding ortho intramolecular Hbond substituents is 1. The van der Waals surface area contributed by atoms with Crippen LogP contribution in [0.15, 0.2) is 36.4 Å². The van der Waals surface area contributed by atoms with E-state index >= 15 is 0 Å². The molecule has 2 N–H and O–H groups in total.